The molecule has 2 heterocycles. The molecule has 4 nitrogen and oxygen atoms in total. The van der Waals surface area contributed by atoms with Gasteiger partial charge in [0.05, 0.1) is 18.5 Å². The summed E-state index contributed by atoms with van der Waals surface area (Å²) in [4.78, 5) is 4.76. The fourth-order valence-electron chi connectivity index (χ4n) is 1.75. The molecular formula is C7H13NO3S. The third-order valence-electron chi connectivity index (χ3n) is 2.44. The van der Waals surface area contributed by atoms with Crippen molar-refractivity contribution in [2.75, 3.05) is 19.5 Å². The van der Waals surface area contributed by atoms with E-state index in [2.05, 4.69) is 6.26 Å². The Morgan fingerprint density at radius 2 is 2.08 bits per heavy atom. The fraction of sp³-hybridized carbons (Fsp3) is 1.00. The fourth-order valence-corrected chi connectivity index (χ4v) is 2.46. The predicted octanol–water partition coefficient (Wildman–Crippen LogP) is -0.225. The molecule has 0 bridgehead atoms. The van der Waals surface area contributed by atoms with Crippen LogP contribution in [0.3, 0.4) is 0 Å². The van der Waals surface area contributed by atoms with E-state index in [1.807, 2.05) is 0 Å². The standard InChI is InChI=1S/C7H13NO3S/c1-12-5-3-10-6-4(11-8)2-9-7(5)6/h4-7H,2-3,8H2,1H3/t4-,5+,6-,7-/m1/s1. The van der Waals surface area contributed by atoms with Gasteiger partial charge >= 0.3 is 0 Å². The summed E-state index contributed by atoms with van der Waals surface area (Å²) in [6.45, 7) is 1.30. The van der Waals surface area contributed by atoms with Crippen molar-refractivity contribution in [2.45, 2.75) is 23.6 Å². The molecule has 0 aliphatic carbocycles. The number of hydrogen-bond acceptors (Lipinski definition) is 5. The van der Waals surface area contributed by atoms with Gasteiger partial charge in [-0.25, -0.2) is 5.90 Å². The molecular weight excluding hydrogens is 178 g/mol. The van der Waals surface area contributed by atoms with Crippen LogP contribution in [-0.4, -0.2) is 43.0 Å². The highest BCUT2D eigenvalue weighted by Gasteiger charge is 2.47. The first-order valence-corrected chi connectivity index (χ1v) is 5.27. The van der Waals surface area contributed by atoms with Crippen LogP contribution in [0.1, 0.15) is 0 Å². The first kappa shape index (κ1) is 8.77. The maximum atomic E-state index is 5.53. The molecule has 2 rings (SSSR count). The zero-order valence-corrected chi connectivity index (χ0v) is 7.75. The second-order valence-electron chi connectivity index (χ2n) is 3.04. The first-order valence-electron chi connectivity index (χ1n) is 3.98. The molecule has 2 N–H and O–H groups in total. The molecule has 4 atom stereocenters. The molecule has 0 spiro atoms. The van der Waals surface area contributed by atoms with Crippen molar-refractivity contribution in [1.82, 2.24) is 0 Å². The average Bonchev–Trinajstić information content (AvgIpc) is 2.62. The summed E-state index contributed by atoms with van der Waals surface area (Å²) in [7, 11) is 0. The summed E-state index contributed by atoms with van der Waals surface area (Å²) in [6, 6.07) is 0. The minimum Gasteiger partial charge on any atom is -0.371 e. The van der Waals surface area contributed by atoms with Crippen LogP contribution in [0, 0.1) is 0 Å². The molecule has 0 aromatic rings. The van der Waals surface area contributed by atoms with Gasteiger partial charge < -0.3 is 9.47 Å². The predicted molar refractivity (Wildman–Crippen MR) is 45.8 cm³/mol. The minimum atomic E-state index is -0.0767. The third-order valence-corrected chi connectivity index (χ3v) is 3.45. The zero-order chi connectivity index (χ0) is 8.55. The lowest BCUT2D eigenvalue weighted by atomic mass is 10.1. The second-order valence-corrected chi connectivity index (χ2v) is 4.12. The van der Waals surface area contributed by atoms with E-state index in [0.717, 1.165) is 6.61 Å². The lowest BCUT2D eigenvalue weighted by Crippen LogP contribution is -2.33. The van der Waals surface area contributed by atoms with Crippen molar-refractivity contribution in [1.29, 1.82) is 0 Å². The van der Waals surface area contributed by atoms with E-state index in [0.29, 0.717) is 11.9 Å². The number of fused-ring (bicyclic) bond motifs is 1. The summed E-state index contributed by atoms with van der Waals surface area (Å²) in [6.07, 6.45) is 2.21. The van der Waals surface area contributed by atoms with Gasteiger partial charge in [0.25, 0.3) is 0 Å². The summed E-state index contributed by atoms with van der Waals surface area (Å²) in [5, 5.41) is 0.440. The van der Waals surface area contributed by atoms with Crippen LogP contribution in [0.2, 0.25) is 0 Å². The van der Waals surface area contributed by atoms with E-state index >= 15 is 0 Å². The summed E-state index contributed by atoms with van der Waals surface area (Å²) >= 11 is 1.77. The minimum absolute atomic E-state index is 0.0486. The Morgan fingerprint density at radius 3 is 2.75 bits per heavy atom. The van der Waals surface area contributed by atoms with Gasteiger partial charge in [-0.05, 0) is 6.26 Å². The first-order chi connectivity index (χ1) is 5.86. The van der Waals surface area contributed by atoms with Crippen LogP contribution in [0.4, 0.5) is 0 Å². The number of nitrogens with two attached hydrogens (primary N) is 1. The summed E-state index contributed by atoms with van der Waals surface area (Å²) in [5.74, 6) is 5.11. The van der Waals surface area contributed by atoms with Crippen molar-refractivity contribution in [3.05, 3.63) is 0 Å². The Bertz CT molecular complexity index is 151. The molecule has 0 aromatic heterocycles. The Kier molecular flexibility index (Phi) is 2.57. The Labute approximate surface area is 75.7 Å². The van der Waals surface area contributed by atoms with Gasteiger partial charge in [-0.15, -0.1) is 0 Å². The van der Waals surface area contributed by atoms with Gasteiger partial charge in [0.2, 0.25) is 0 Å². The molecule has 2 aliphatic heterocycles. The summed E-state index contributed by atoms with van der Waals surface area (Å²) in [5.41, 5.74) is 0. The van der Waals surface area contributed by atoms with Crippen molar-refractivity contribution < 1.29 is 14.3 Å². The Hall–Kier alpha value is 0.190. The molecule has 2 aliphatic rings. The SMILES string of the molecule is CS[C@H]1CO[C@H]2[C@@H]1OC[C@H]2ON. The number of thioether (sulfide) groups is 1. The van der Waals surface area contributed by atoms with Crippen LogP contribution in [0.5, 0.6) is 0 Å². The molecule has 12 heavy (non-hydrogen) atoms. The second kappa shape index (κ2) is 3.51. The van der Waals surface area contributed by atoms with Crippen molar-refractivity contribution in [2.24, 2.45) is 5.90 Å². The van der Waals surface area contributed by atoms with Crippen LogP contribution < -0.4 is 5.90 Å². The maximum Gasteiger partial charge on any atom is 0.131 e. The van der Waals surface area contributed by atoms with Crippen LogP contribution >= 0.6 is 11.8 Å². The monoisotopic (exact) mass is 191 g/mol. The number of rotatable bonds is 2. The topological polar surface area (TPSA) is 53.7 Å². The van der Waals surface area contributed by atoms with Crippen LogP contribution in [0.15, 0.2) is 0 Å². The quantitative estimate of drug-likeness (QED) is 0.611. The smallest absolute Gasteiger partial charge is 0.131 e. The van der Waals surface area contributed by atoms with E-state index in [1.165, 1.54) is 0 Å². The average molecular weight is 191 g/mol. The molecule has 0 radical (unpaired) electrons. The van der Waals surface area contributed by atoms with Crippen molar-refractivity contribution in [3.8, 4) is 0 Å². The third kappa shape index (κ3) is 1.25. The lowest BCUT2D eigenvalue weighted by molar-refractivity contribution is -0.0319. The lowest BCUT2D eigenvalue weighted by Gasteiger charge is -2.13. The molecule has 70 valence electrons. The van der Waals surface area contributed by atoms with E-state index < -0.39 is 0 Å². The normalized spacial score (nSPS) is 46.5. The maximum absolute atomic E-state index is 5.53. The van der Waals surface area contributed by atoms with Gasteiger partial charge in [-0.3, -0.25) is 4.84 Å². The summed E-state index contributed by atoms with van der Waals surface area (Å²) < 4.78 is 11.1. The molecule has 0 amide bonds. The zero-order valence-electron chi connectivity index (χ0n) is 6.93. The molecule has 0 unspecified atom stereocenters. The van der Waals surface area contributed by atoms with Crippen LogP contribution in [-0.2, 0) is 14.3 Å². The van der Waals surface area contributed by atoms with Crippen molar-refractivity contribution >= 4 is 11.8 Å². The van der Waals surface area contributed by atoms with Gasteiger partial charge in [0, 0.05) is 0 Å². The molecule has 2 fully saturated rings. The number of hydrogen-bond donors (Lipinski definition) is 1. The highest BCUT2D eigenvalue weighted by molar-refractivity contribution is 7.99. The van der Waals surface area contributed by atoms with Gasteiger partial charge in [-0.1, -0.05) is 0 Å². The molecule has 0 aromatic carbocycles. The Morgan fingerprint density at radius 1 is 1.33 bits per heavy atom. The van der Waals surface area contributed by atoms with Gasteiger partial charge in [-0.2, -0.15) is 11.8 Å². The molecule has 2 saturated heterocycles. The molecule has 5 heteroatoms. The molecule has 0 saturated carbocycles. The van der Waals surface area contributed by atoms with E-state index in [9.17, 15) is 0 Å². The van der Waals surface area contributed by atoms with Gasteiger partial charge in [0.15, 0.2) is 0 Å². The largest absolute Gasteiger partial charge is 0.371 e. The van der Waals surface area contributed by atoms with E-state index in [1.54, 1.807) is 11.8 Å². The van der Waals surface area contributed by atoms with Gasteiger partial charge in [0.1, 0.15) is 18.3 Å². The highest BCUT2D eigenvalue weighted by Crippen LogP contribution is 2.33. The van der Waals surface area contributed by atoms with Crippen LogP contribution in [0.25, 0.3) is 0 Å². The Balaban J connectivity index is 2.01. The number of ether oxygens (including phenoxy) is 2. The van der Waals surface area contributed by atoms with Crippen molar-refractivity contribution in [3.63, 3.8) is 0 Å². The highest BCUT2D eigenvalue weighted by atomic mass is 32.2. The van der Waals surface area contributed by atoms with E-state index in [-0.39, 0.29) is 18.3 Å². The van der Waals surface area contributed by atoms with E-state index in [4.69, 9.17) is 20.2 Å².